The van der Waals surface area contributed by atoms with Crippen LogP contribution in [0.25, 0.3) is 22.1 Å². The number of hydrogen-bond donors (Lipinski definition) is 2. The third-order valence-corrected chi connectivity index (χ3v) is 8.96. The highest BCUT2D eigenvalue weighted by atomic mass is 35.5. The van der Waals surface area contributed by atoms with Crippen LogP contribution in [0.4, 0.5) is 11.4 Å². The molecule has 0 bridgehead atoms. The average molecular weight is 680 g/mol. The Morgan fingerprint density at radius 3 is 1.33 bits per heavy atom. The summed E-state index contributed by atoms with van der Waals surface area (Å²) in [6.45, 7) is 3.10. The Hall–Kier alpha value is -5.32. The summed E-state index contributed by atoms with van der Waals surface area (Å²) in [7, 11) is 0. The van der Waals surface area contributed by atoms with Crippen molar-refractivity contribution in [2.75, 3.05) is 36.0 Å². The van der Waals surface area contributed by atoms with E-state index in [2.05, 4.69) is 29.7 Å². The maximum Gasteiger partial charge on any atom is 0.270 e. The van der Waals surface area contributed by atoms with Crippen LogP contribution in [0, 0.1) is 0 Å². The molecular formula is C36H28Cl2N6O4. The Labute approximate surface area is 284 Å². The lowest BCUT2D eigenvalue weighted by molar-refractivity contribution is 0.0983. The number of nitrogens with one attached hydrogen (secondary N) is 2. The predicted molar refractivity (Wildman–Crippen MR) is 188 cm³/mol. The zero-order valence-electron chi connectivity index (χ0n) is 25.5. The summed E-state index contributed by atoms with van der Waals surface area (Å²) in [6.07, 6.45) is -0.213. The van der Waals surface area contributed by atoms with Gasteiger partial charge < -0.3 is 19.8 Å². The molecule has 0 unspecified atom stereocenters. The zero-order valence-corrected chi connectivity index (χ0v) is 27.0. The largest absolute Gasteiger partial charge is 0.368 e. The molecule has 0 amide bonds. The zero-order chi connectivity index (χ0) is 33.4. The molecule has 48 heavy (non-hydrogen) atoms. The maximum atomic E-state index is 13.0. The molecule has 2 aromatic heterocycles. The molecule has 0 aliphatic carbocycles. The molecule has 1 saturated heterocycles. The fourth-order valence-electron chi connectivity index (χ4n) is 5.88. The number of ketones is 2. The van der Waals surface area contributed by atoms with Crippen molar-refractivity contribution in [1.82, 2.24) is 19.9 Å². The van der Waals surface area contributed by atoms with Gasteiger partial charge in [-0.05, 0) is 84.9 Å². The van der Waals surface area contributed by atoms with Gasteiger partial charge in [0.2, 0.25) is 0 Å². The summed E-state index contributed by atoms with van der Waals surface area (Å²) in [5, 5.41) is 0.985. The molecule has 2 N–H and O–H groups in total. The number of piperazine rings is 1. The first-order valence-corrected chi connectivity index (χ1v) is 16.1. The molecule has 7 rings (SSSR count). The van der Waals surface area contributed by atoms with Crippen LogP contribution in [0.1, 0.15) is 32.1 Å². The van der Waals surface area contributed by atoms with Crippen molar-refractivity contribution in [3.8, 4) is 0 Å². The number of rotatable bonds is 8. The van der Waals surface area contributed by atoms with Gasteiger partial charge in [0.05, 0.1) is 34.9 Å². The number of nitrogens with zero attached hydrogens (tertiary/aromatic N) is 4. The van der Waals surface area contributed by atoms with Gasteiger partial charge in [-0.2, -0.15) is 0 Å². The second-order valence-corrected chi connectivity index (χ2v) is 12.5. The van der Waals surface area contributed by atoms with Gasteiger partial charge in [-0.25, -0.2) is 9.97 Å². The number of aromatic amines is 2. The topological polar surface area (TPSA) is 132 Å². The summed E-state index contributed by atoms with van der Waals surface area (Å²) in [5.74, 6) is -0.379. The highest BCUT2D eigenvalue weighted by molar-refractivity contribution is 6.31. The van der Waals surface area contributed by atoms with Gasteiger partial charge >= 0.3 is 0 Å². The Balaban J connectivity index is 0.943. The standard InChI is InChI=1S/C36H28Cl2N6O4/c37-23-5-11-27-29(17-23)41-35(47)31(39-27)19-33(45)21-1-7-25(8-2-21)43-13-15-44(16-14-43)26-9-3-22(4-10-26)34(46)20-32-36(48)42-30-18-24(38)6-12-28(30)40-32/h1-12,17-18H,13-16,19-20H2,(H,41,47)(H,42,48). The van der Waals surface area contributed by atoms with E-state index in [0.717, 1.165) is 37.6 Å². The molecule has 12 heteroatoms. The molecule has 0 saturated carbocycles. The van der Waals surface area contributed by atoms with E-state index in [1.807, 2.05) is 24.3 Å². The van der Waals surface area contributed by atoms with Gasteiger partial charge in [0.15, 0.2) is 11.6 Å². The minimum atomic E-state index is -0.407. The third kappa shape index (κ3) is 6.58. The monoisotopic (exact) mass is 678 g/mol. The molecule has 0 radical (unpaired) electrons. The second kappa shape index (κ2) is 13.1. The van der Waals surface area contributed by atoms with Crippen LogP contribution in [0.5, 0.6) is 0 Å². The molecule has 1 aliphatic rings. The summed E-state index contributed by atoms with van der Waals surface area (Å²) in [5.41, 5.74) is 4.73. The minimum Gasteiger partial charge on any atom is -0.368 e. The number of fused-ring (bicyclic) bond motifs is 2. The first-order chi connectivity index (χ1) is 23.2. The summed E-state index contributed by atoms with van der Waals surface area (Å²) >= 11 is 12.0. The predicted octanol–water partition coefficient (Wildman–Crippen LogP) is 5.64. The van der Waals surface area contributed by atoms with Crippen LogP contribution in [-0.2, 0) is 12.8 Å². The number of benzene rings is 4. The van der Waals surface area contributed by atoms with Crippen molar-refractivity contribution >= 4 is 68.2 Å². The molecule has 0 spiro atoms. The lowest BCUT2D eigenvalue weighted by Gasteiger charge is -2.37. The minimum absolute atomic E-state index is 0.107. The molecule has 1 aliphatic heterocycles. The number of hydrogen-bond acceptors (Lipinski definition) is 8. The fraction of sp³-hybridized carbons (Fsp3) is 0.167. The number of carbonyl (C=O) groups is 2. The Bertz CT molecular complexity index is 2150. The summed E-state index contributed by atoms with van der Waals surface area (Å²) < 4.78 is 0. The fourth-order valence-corrected chi connectivity index (χ4v) is 6.22. The highest BCUT2D eigenvalue weighted by Crippen LogP contribution is 2.23. The number of aromatic nitrogens is 4. The van der Waals surface area contributed by atoms with Crippen LogP contribution in [0.15, 0.2) is 94.5 Å². The molecule has 1 fully saturated rings. The lowest BCUT2D eigenvalue weighted by Crippen LogP contribution is -2.46. The quantitative estimate of drug-likeness (QED) is 0.198. The van der Waals surface area contributed by atoms with E-state index in [4.69, 9.17) is 23.2 Å². The third-order valence-electron chi connectivity index (χ3n) is 8.49. The van der Waals surface area contributed by atoms with Crippen LogP contribution in [-0.4, -0.2) is 57.7 Å². The van der Waals surface area contributed by atoms with E-state index in [0.29, 0.717) is 43.2 Å². The van der Waals surface area contributed by atoms with Crippen molar-refractivity contribution in [2.24, 2.45) is 0 Å². The van der Waals surface area contributed by atoms with Crippen LogP contribution >= 0.6 is 23.2 Å². The van der Waals surface area contributed by atoms with Crippen molar-refractivity contribution < 1.29 is 9.59 Å². The number of Topliss-reactive ketones (excluding diaryl/α,β-unsaturated/α-hetero) is 2. The van der Waals surface area contributed by atoms with Crippen molar-refractivity contribution in [3.63, 3.8) is 0 Å². The molecule has 3 heterocycles. The van der Waals surface area contributed by atoms with E-state index in [1.54, 1.807) is 60.7 Å². The summed E-state index contributed by atoms with van der Waals surface area (Å²) in [6, 6.07) is 24.9. The number of carbonyl (C=O) groups excluding carboxylic acids is 2. The SMILES string of the molecule is O=C(Cc1nc2ccc(Cl)cc2[nH]c1=O)c1ccc(N2CCN(c3ccc(C(=O)Cc4nc5ccc(Cl)cc5[nH]c4=O)cc3)CC2)cc1. The van der Waals surface area contributed by atoms with E-state index >= 15 is 0 Å². The molecule has 0 atom stereocenters. The highest BCUT2D eigenvalue weighted by Gasteiger charge is 2.20. The van der Waals surface area contributed by atoms with Gasteiger partial charge in [-0.3, -0.25) is 19.2 Å². The van der Waals surface area contributed by atoms with Crippen LogP contribution in [0.2, 0.25) is 10.0 Å². The van der Waals surface area contributed by atoms with Gasteiger partial charge in [-0.15, -0.1) is 0 Å². The summed E-state index contributed by atoms with van der Waals surface area (Å²) in [4.78, 5) is 69.8. The molecular weight excluding hydrogens is 651 g/mol. The Morgan fingerprint density at radius 1 is 0.583 bits per heavy atom. The van der Waals surface area contributed by atoms with Crippen molar-refractivity contribution in [1.29, 1.82) is 0 Å². The van der Waals surface area contributed by atoms with E-state index in [1.165, 1.54) is 0 Å². The normalized spacial score (nSPS) is 13.3. The van der Waals surface area contributed by atoms with Gasteiger partial charge in [0, 0.05) is 58.7 Å². The van der Waals surface area contributed by atoms with Gasteiger partial charge in [0.25, 0.3) is 11.1 Å². The molecule has 10 nitrogen and oxygen atoms in total. The van der Waals surface area contributed by atoms with Gasteiger partial charge in [-0.1, -0.05) is 23.2 Å². The van der Waals surface area contributed by atoms with E-state index in [9.17, 15) is 19.2 Å². The molecule has 6 aromatic rings. The Kier molecular flexibility index (Phi) is 8.51. The van der Waals surface area contributed by atoms with Crippen molar-refractivity contribution in [3.05, 3.63) is 138 Å². The Morgan fingerprint density at radius 2 is 0.958 bits per heavy atom. The number of H-pyrrole nitrogens is 2. The van der Waals surface area contributed by atoms with Gasteiger partial charge in [0.1, 0.15) is 11.4 Å². The smallest absolute Gasteiger partial charge is 0.270 e. The van der Waals surface area contributed by atoms with E-state index in [-0.39, 0.29) is 35.8 Å². The molecule has 240 valence electrons. The first kappa shape index (κ1) is 31.3. The van der Waals surface area contributed by atoms with E-state index < -0.39 is 11.1 Å². The average Bonchev–Trinajstić information content (AvgIpc) is 3.09. The number of halogens is 2. The first-order valence-electron chi connectivity index (χ1n) is 15.3. The molecule has 4 aromatic carbocycles. The van der Waals surface area contributed by atoms with Crippen LogP contribution in [0.3, 0.4) is 0 Å². The number of anilines is 2. The second-order valence-electron chi connectivity index (χ2n) is 11.6. The maximum absolute atomic E-state index is 13.0. The van der Waals surface area contributed by atoms with Crippen LogP contribution < -0.4 is 20.9 Å². The lowest BCUT2D eigenvalue weighted by atomic mass is 10.1. The van der Waals surface area contributed by atoms with Crippen molar-refractivity contribution in [2.45, 2.75) is 12.8 Å².